The summed E-state index contributed by atoms with van der Waals surface area (Å²) in [4.78, 5) is 3.41. The van der Waals surface area contributed by atoms with E-state index in [9.17, 15) is 5.48 Å². The Morgan fingerprint density at radius 2 is 0.875 bits per heavy atom. The molecule has 0 atom stereocenters. The van der Waals surface area contributed by atoms with Crippen LogP contribution in [0.1, 0.15) is 37.3 Å². The van der Waals surface area contributed by atoms with E-state index in [4.69, 9.17) is 37.5 Å². The van der Waals surface area contributed by atoms with Gasteiger partial charge >= 0.3 is 0 Å². The minimum atomic E-state index is -0.642. The highest BCUT2D eigenvalue weighted by Crippen LogP contribution is 2.52. The molecule has 4 nitrogen and oxygen atoms in total. The average molecular weight is 878 g/mol. The lowest BCUT2D eigenvalue weighted by Gasteiger charge is -2.33. The van der Waals surface area contributed by atoms with Gasteiger partial charge in [0, 0.05) is 65.5 Å². The number of nitrogens with zero attached hydrogens (tertiary/aromatic N) is 2. The van der Waals surface area contributed by atoms with Crippen molar-refractivity contribution in [3.8, 4) is 22.3 Å². The average Bonchev–Trinajstić information content (AvgIpc) is 3.97. The number of hydrogen-bond acceptors (Lipinski definition) is 4. The second kappa shape index (κ2) is 15.8. The van der Waals surface area contributed by atoms with Crippen LogP contribution >= 0.6 is 23.2 Å². The molecule has 9 aromatic carbocycles. The summed E-state index contributed by atoms with van der Waals surface area (Å²) >= 11 is 13.7. The quantitative estimate of drug-likeness (QED) is 0.152. The molecule has 0 amide bonds. The second-order valence-corrected chi connectivity index (χ2v) is 17.3. The van der Waals surface area contributed by atoms with E-state index in [-0.39, 0.29) is 33.5 Å². The van der Waals surface area contributed by atoms with Crippen LogP contribution in [0, 0.1) is 0 Å². The molecular weight excluding hydrogens is 828 g/mol. The lowest BCUT2D eigenvalue weighted by Crippen LogP contribution is -2.18. The van der Waals surface area contributed by atoms with Crippen LogP contribution in [0.4, 0.5) is 34.1 Å². The first-order chi connectivity index (χ1) is 34.5. The topological polar surface area (TPSA) is 32.8 Å². The van der Waals surface area contributed by atoms with E-state index >= 15 is 0 Å². The number of benzene rings is 9. The zero-order chi connectivity index (χ0) is 50.5. The SMILES string of the molecule is [2H]c1c([2H])c(Cl)c([2H])c(N(c2cc(N(c3c([2H])c([2H])c([2H])c(Cl)c3[2H])c3c(-c4ccccc4)ccc4c3oc3ccccc34)cc(C(C)(C)C)c2)c2c(-c3ccccc3)ccc3c2oc2ccccc23)c1[2H]. The van der Waals surface area contributed by atoms with Crippen LogP contribution in [-0.2, 0) is 5.41 Å². The van der Waals surface area contributed by atoms with Crippen molar-refractivity contribution >= 4 is 101 Å². The third-order valence-electron chi connectivity index (χ3n) is 11.6. The first-order valence-corrected chi connectivity index (χ1v) is 21.6. The lowest BCUT2D eigenvalue weighted by molar-refractivity contribution is 0.590. The predicted octanol–water partition coefficient (Wildman–Crippen LogP) is 18.4. The molecule has 2 heterocycles. The van der Waals surface area contributed by atoms with Crippen molar-refractivity contribution < 1.29 is 19.8 Å². The van der Waals surface area contributed by atoms with E-state index in [1.807, 2.05) is 166 Å². The molecule has 0 saturated heterocycles. The van der Waals surface area contributed by atoms with Gasteiger partial charge in [0.2, 0.25) is 0 Å². The fourth-order valence-corrected chi connectivity index (χ4v) is 8.84. The van der Waals surface area contributed by atoms with Crippen LogP contribution in [0.2, 0.25) is 10.0 Å². The molecule has 64 heavy (non-hydrogen) atoms. The van der Waals surface area contributed by atoms with Gasteiger partial charge in [-0.15, -0.1) is 0 Å². The minimum Gasteiger partial charge on any atom is -0.454 e. The van der Waals surface area contributed by atoms with Crippen molar-refractivity contribution in [3.63, 3.8) is 0 Å². The highest BCUT2D eigenvalue weighted by molar-refractivity contribution is 6.31. The third kappa shape index (κ3) is 6.96. The molecule has 0 spiro atoms. The van der Waals surface area contributed by atoms with Crippen molar-refractivity contribution in [1.82, 2.24) is 0 Å². The maximum atomic E-state index is 9.71. The normalized spacial score (nSPS) is 13.6. The van der Waals surface area contributed by atoms with Crippen LogP contribution in [0.3, 0.4) is 0 Å². The van der Waals surface area contributed by atoms with E-state index in [1.54, 1.807) is 15.9 Å². The highest BCUT2D eigenvalue weighted by atomic mass is 35.5. The first kappa shape index (κ1) is 31.6. The smallest absolute Gasteiger partial charge is 0.160 e. The summed E-state index contributed by atoms with van der Waals surface area (Å²) < 4.78 is 88.2. The maximum absolute atomic E-state index is 9.71. The van der Waals surface area contributed by atoms with Gasteiger partial charge in [-0.2, -0.15) is 0 Å². The highest BCUT2D eigenvalue weighted by Gasteiger charge is 2.30. The molecule has 0 aliphatic rings. The van der Waals surface area contributed by atoms with Crippen molar-refractivity contribution in [3.05, 3.63) is 216 Å². The van der Waals surface area contributed by atoms with Gasteiger partial charge in [-0.1, -0.05) is 165 Å². The van der Waals surface area contributed by atoms with E-state index < -0.39 is 41.7 Å². The van der Waals surface area contributed by atoms with Crippen molar-refractivity contribution in [2.75, 3.05) is 9.80 Å². The van der Waals surface area contributed by atoms with E-state index in [0.29, 0.717) is 56.2 Å². The fourth-order valence-electron chi connectivity index (χ4n) is 8.57. The summed E-state index contributed by atoms with van der Waals surface area (Å²) in [6, 6.07) is 44.6. The molecule has 0 bridgehead atoms. The van der Waals surface area contributed by atoms with E-state index in [2.05, 4.69) is 0 Å². The summed E-state index contributed by atoms with van der Waals surface area (Å²) in [5, 5.41) is 2.47. The lowest BCUT2D eigenvalue weighted by atomic mass is 9.86. The predicted molar refractivity (Wildman–Crippen MR) is 270 cm³/mol. The zero-order valence-corrected chi connectivity index (χ0v) is 36.4. The summed E-state index contributed by atoms with van der Waals surface area (Å²) in [6.45, 7) is 6.11. The summed E-state index contributed by atoms with van der Waals surface area (Å²) in [6.07, 6.45) is 0. The molecule has 6 heteroatoms. The van der Waals surface area contributed by atoms with Crippen LogP contribution in [0.25, 0.3) is 66.1 Å². The number of para-hydroxylation sites is 2. The van der Waals surface area contributed by atoms with Gasteiger partial charge in [0.25, 0.3) is 0 Å². The summed E-state index contributed by atoms with van der Waals surface area (Å²) in [5.74, 6) is 0. The largest absolute Gasteiger partial charge is 0.454 e. The number of fused-ring (bicyclic) bond motifs is 6. The van der Waals surface area contributed by atoms with Gasteiger partial charge in [0.15, 0.2) is 11.2 Å². The standard InChI is InChI=1S/C58H42Cl2N2O2/c1-58(2,3)39-32-44(61(42-22-14-20-40(59)34-42)54-46(37-16-6-4-7-17-37)28-30-50-48-24-10-12-26-52(48)63-56(50)54)36-45(33-39)62(43-23-15-21-41(60)35-43)55-47(38-18-8-5-9-19-38)29-31-51-49-25-11-13-27-53(49)64-57(51)55/h4-36H,1-3H3/i14D,15D,20D,21D,22D,23D,34D,35D. The molecule has 0 N–H and O–H groups in total. The van der Waals surface area contributed by atoms with Gasteiger partial charge in [-0.25, -0.2) is 0 Å². The van der Waals surface area contributed by atoms with Gasteiger partial charge < -0.3 is 18.6 Å². The first-order valence-electron chi connectivity index (χ1n) is 24.8. The third-order valence-corrected chi connectivity index (χ3v) is 11.9. The van der Waals surface area contributed by atoms with Gasteiger partial charge in [-0.05, 0) is 101 Å². The van der Waals surface area contributed by atoms with Crippen molar-refractivity contribution in [2.45, 2.75) is 26.2 Å². The van der Waals surface area contributed by atoms with Gasteiger partial charge in [0.05, 0.1) is 22.3 Å². The second-order valence-electron chi connectivity index (χ2n) is 16.6. The number of furan rings is 2. The molecule has 0 saturated carbocycles. The molecule has 0 unspecified atom stereocenters. The Kier molecular flexibility index (Phi) is 7.81. The maximum Gasteiger partial charge on any atom is 0.160 e. The Bertz CT molecular complexity index is 3700. The Hall–Kier alpha value is -7.24. The molecule has 2 aromatic heterocycles. The number of halogens is 2. The minimum absolute atomic E-state index is 0.100. The van der Waals surface area contributed by atoms with Crippen molar-refractivity contribution in [2.24, 2.45) is 0 Å². The molecule has 310 valence electrons. The Balaban J connectivity index is 1.35. The monoisotopic (exact) mass is 876 g/mol. The number of anilines is 6. The summed E-state index contributed by atoms with van der Waals surface area (Å²) in [7, 11) is 0. The Labute approximate surface area is 393 Å². The summed E-state index contributed by atoms with van der Waals surface area (Å²) in [5.41, 5.74) is 6.25. The van der Waals surface area contributed by atoms with Crippen LogP contribution < -0.4 is 9.80 Å². The van der Waals surface area contributed by atoms with Crippen LogP contribution in [-0.4, -0.2) is 0 Å². The molecular formula is C58H42Cl2N2O2. The molecule has 0 fully saturated rings. The molecule has 11 rings (SSSR count). The van der Waals surface area contributed by atoms with E-state index in [1.165, 1.54) is 0 Å². The Morgan fingerprint density at radius 1 is 0.453 bits per heavy atom. The van der Waals surface area contributed by atoms with Crippen molar-refractivity contribution in [1.29, 1.82) is 0 Å². The number of hydrogen-bond donors (Lipinski definition) is 0. The molecule has 0 aliphatic carbocycles. The molecule has 11 aromatic rings. The van der Waals surface area contributed by atoms with Gasteiger partial charge in [-0.3, -0.25) is 0 Å². The zero-order valence-electron chi connectivity index (χ0n) is 42.9. The molecule has 0 aliphatic heterocycles. The van der Waals surface area contributed by atoms with Crippen LogP contribution in [0.5, 0.6) is 0 Å². The van der Waals surface area contributed by atoms with Gasteiger partial charge in [0.1, 0.15) is 11.2 Å². The fraction of sp³-hybridized carbons (Fsp3) is 0.0690. The van der Waals surface area contributed by atoms with Crippen LogP contribution in [0.15, 0.2) is 209 Å². The van der Waals surface area contributed by atoms with E-state index in [0.717, 1.165) is 38.2 Å². The number of rotatable bonds is 8. The molecule has 0 radical (unpaired) electrons. The Morgan fingerprint density at radius 3 is 1.31 bits per heavy atom.